The molecule has 0 saturated heterocycles. The minimum Gasteiger partial charge on any atom is -0.491 e. The van der Waals surface area contributed by atoms with Crippen LogP contribution < -0.4 is 20.3 Å². The average molecular weight is 396 g/mol. The summed E-state index contributed by atoms with van der Waals surface area (Å²) in [5, 5.41) is 0. The van der Waals surface area contributed by atoms with Crippen LogP contribution in [0.2, 0.25) is 0 Å². The second-order valence-corrected chi connectivity index (χ2v) is 6.00. The van der Waals surface area contributed by atoms with Gasteiger partial charge >= 0.3 is 6.18 Å². The maximum Gasteiger partial charge on any atom is 0.416 e. The van der Waals surface area contributed by atoms with Crippen molar-refractivity contribution in [2.45, 2.75) is 26.1 Å². The maximum absolute atomic E-state index is 12.5. The second kappa shape index (κ2) is 9.12. The van der Waals surface area contributed by atoms with Crippen LogP contribution in [0.5, 0.6) is 11.5 Å². The van der Waals surface area contributed by atoms with E-state index in [4.69, 9.17) is 9.47 Å². The van der Waals surface area contributed by atoms with E-state index < -0.39 is 30.2 Å². The van der Waals surface area contributed by atoms with E-state index in [0.29, 0.717) is 11.3 Å². The normalized spacial score (nSPS) is 11.1. The van der Waals surface area contributed by atoms with E-state index in [1.54, 1.807) is 12.1 Å². The first-order chi connectivity index (χ1) is 13.1. The molecular formula is C19H19F3N2O4. The van der Waals surface area contributed by atoms with Crippen molar-refractivity contribution in [3.8, 4) is 11.5 Å². The van der Waals surface area contributed by atoms with Crippen molar-refractivity contribution in [1.29, 1.82) is 0 Å². The number of carbonyl (C=O) groups is 2. The van der Waals surface area contributed by atoms with Crippen LogP contribution in [0.4, 0.5) is 13.2 Å². The molecule has 0 aliphatic rings. The number of amides is 2. The Labute approximate surface area is 159 Å². The predicted octanol–water partition coefficient (Wildman–Crippen LogP) is 3.33. The number of alkyl halides is 3. The number of hydrazine groups is 1. The van der Waals surface area contributed by atoms with Crippen LogP contribution >= 0.6 is 0 Å². The lowest BCUT2D eigenvalue weighted by molar-refractivity contribution is -0.137. The lowest BCUT2D eigenvalue weighted by Crippen LogP contribution is -2.43. The van der Waals surface area contributed by atoms with Gasteiger partial charge in [-0.05, 0) is 62.4 Å². The molecular weight excluding hydrogens is 377 g/mol. The van der Waals surface area contributed by atoms with Gasteiger partial charge in [0.25, 0.3) is 11.8 Å². The molecule has 0 saturated carbocycles. The number of hydrogen-bond acceptors (Lipinski definition) is 4. The van der Waals surface area contributed by atoms with Gasteiger partial charge in [-0.25, -0.2) is 0 Å². The monoisotopic (exact) mass is 396 g/mol. The Morgan fingerprint density at radius 2 is 1.50 bits per heavy atom. The Kier molecular flexibility index (Phi) is 6.86. The summed E-state index contributed by atoms with van der Waals surface area (Å²) in [7, 11) is 0. The zero-order valence-electron chi connectivity index (χ0n) is 15.2. The third-order valence-corrected chi connectivity index (χ3v) is 3.36. The minimum atomic E-state index is -4.45. The van der Waals surface area contributed by atoms with Crippen molar-refractivity contribution >= 4 is 11.8 Å². The number of carbonyl (C=O) groups excluding carboxylic acids is 2. The zero-order chi connectivity index (χ0) is 20.7. The molecule has 2 aromatic rings. The number of nitrogens with one attached hydrogen (secondary N) is 2. The van der Waals surface area contributed by atoms with Gasteiger partial charge in [-0.1, -0.05) is 0 Å². The Balaban J connectivity index is 1.78. The van der Waals surface area contributed by atoms with Gasteiger partial charge in [-0.3, -0.25) is 20.4 Å². The van der Waals surface area contributed by atoms with E-state index in [-0.39, 0.29) is 11.9 Å². The average Bonchev–Trinajstić information content (AvgIpc) is 2.64. The highest BCUT2D eigenvalue weighted by Crippen LogP contribution is 2.30. The number of rotatable bonds is 6. The molecule has 0 fully saturated rings. The smallest absolute Gasteiger partial charge is 0.416 e. The first kappa shape index (κ1) is 21.1. The third-order valence-electron chi connectivity index (χ3n) is 3.36. The molecule has 2 amide bonds. The minimum absolute atomic E-state index is 0.00336. The quantitative estimate of drug-likeness (QED) is 0.735. The summed E-state index contributed by atoms with van der Waals surface area (Å²) in [6, 6.07) is 10.2. The summed E-state index contributed by atoms with van der Waals surface area (Å²) >= 11 is 0. The van der Waals surface area contributed by atoms with E-state index in [1.807, 2.05) is 13.8 Å². The maximum atomic E-state index is 12.5. The Bertz CT molecular complexity index is 803. The highest BCUT2D eigenvalue weighted by Gasteiger charge is 2.30. The highest BCUT2D eigenvalue weighted by molar-refractivity contribution is 5.95. The first-order valence-electron chi connectivity index (χ1n) is 8.31. The van der Waals surface area contributed by atoms with Gasteiger partial charge in [-0.15, -0.1) is 0 Å². The van der Waals surface area contributed by atoms with Crippen molar-refractivity contribution < 1.29 is 32.2 Å². The van der Waals surface area contributed by atoms with Crippen molar-refractivity contribution in [2.24, 2.45) is 0 Å². The van der Waals surface area contributed by atoms with Crippen LogP contribution in [0.15, 0.2) is 48.5 Å². The Morgan fingerprint density at radius 1 is 0.929 bits per heavy atom. The number of hydrogen-bond donors (Lipinski definition) is 2. The van der Waals surface area contributed by atoms with E-state index in [0.717, 1.165) is 24.3 Å². The van der Waals surface area contributed by atoms with Crippen molar-refractivity contribution in [2.75, 3.05) is 6.61 Å². The van der Waals surface area contributed by atoms with E-state index in [9.17, 15) is 22.8 Å². The summed E-state index contributed by atoms with van der Waals surface area (Å²) in [6.07, 6.45) is -4.44. The van der Waals surface area contributed by atoms with E-state index in [2.05, 4.69) is 10.9 Å². The number of ether oxygens (including phenoxy) is 2. The molecule has 0 aliphatic carbocycles. The van der Waals surface area contributed by atoms with Crippen molar-refractivity contribution in [3.05, 3.63) is 59.7 Å². The first-order valence-corrected chi connectivity index (χ1v) is 8.31. The molecule has 0 spiro atoms. The van der Waals surface area contributed by atoms with Crippen LogP contribution in [0.3, 0.4) is 0 Å². The fourth-order valence-electron chi connectivity index (χ4n) is 2.08. The van der Waals surface area contributed by atoms with E-state index >= 15 is 0 Å². The van der Waals surface area contributed by atoms with Gasteiger partial charge in [0.15, 0.2) is 6.61 Å². The summed E-state index contributed by atoms with van der Waals surface area (Å²) in [5.41, 5.74) is 3.86. The fourth-order valence-corrected chi connectivity index (χ4v) is 2.08. The van der Waals surface area contributed by atoms with Crippen LogP contribution in [-0.4, -0.2) is 24.5 Å². The molecule has 0 radical (unpaired) electrons. The second-order valence-electron chi connectivity index (χ2n) is 6.00. The van der Waals surface area contributed by atoms with Gasteiger partial charge in [-0.2, -0.15) is 13.2 Å². The van der Waals surface area contributed by atoms with E-state index in [1.165, 1.54) is 12.1 Å². The van der Waals surface area contributed by atoms with Gasteiger partial charge in [0.05, 0.1) is 11.7 Å². The number of halogens is 3. The molecule has 0 atom stereocenters. The Hall–Kier alpha value is -3.23. The largest absolute Gasteiger partial charge is 0.491 e. The zero-order valence-corrected chi connectivity index (χ0v) is 15.2. The van der Waals surface area contributed by atoms with Gasteiger partial charge < -0.3 is 9.47 Å². The molecule has 0 unspecified atom stereocenters. The molecule has 150 valence electrons. The van der Waals surface area contributed by atoms with Crippen molar-refractivity contribution in [3.63, 3.8) is 0 Å². The highest BCUT2D eigenvalue weighted by atomic mass is 19.4. The van der Waals surface area contributed by atoms with Crippen LogP contribution in [0, 0.1) is 0 Å². The summed E-state index contributed by atoms with van der Waals surface area (Å²) in [4.78, 5) is 23.7. The van der Waals surface area contributed by atoms with Gasteiger partial charge in [0.2, 0.25) is 0 Å². The molecule has 0 aliphatic heterocycles. The van der Waals surface area contributed by atoms with Crippen LogP contribution in [0.1, 0.15) is 29.8 Å². The fraction of sp³-hybridized carbons (Fsp3) is 0.263. The number of benzene rings is 2. The Morgan fingerprint density at radius 3 is 2.04 bits per heavy atom. The molecule has 2 N–H and O–H groups in total. The topological polar surface area (TPSA) is 76.7 Å². The molecule has 28 heavy (non-hydrogen) atoms. The summed E-state index contributed by atoms with van der Waals surface area (Å²) in [6.45, 7) is 3.28. The van der Waals surface area contributed by atoms with Crippen LogP contribution in [-0.2, 0) is 11.0 Å². The summed E-state index contributed by atoms with van der Waals surface area (Å²) in [5.74, 6) is -0.511. The predicted molar refractivity (Wildman–Crippen MR) is 94.8 cm³/mol. The molecule has 9 heteroatoms. The molecule has 6 nitrogen and oxygen atoms in total. The van der Waals surface area contributed by atoms with Gasteiger partial charge in [0.1, 0.15) is 11.5 Å². The third kappa shape index (κ3) is 6.49. The molecule has 2 rings (SSSR count). The molecule has 2 aromatic carbocycles. The molecule has 0 aromatic heterocycles. The van der Waals surface area contributed by atoms with Gasteiger partial charge in [0, 0.05) is 5.56 Å². The molecule has 0 bridgehead atoms. The molecule has 0 heterocycles. The standard InChI is InChI=1S/C19H19F3N2O4/c1-12(2)28-16-7-3-13(4-8-16)18(26)24-23-17(25)11-27-15-9-5-14(6-10-15)19(20,21)22/h3-10,12H,11H2,1-2H3,(H,23,25)(H,24,26). The van der Waals surface area contributed by atoms with Crippen LogP contribution in [0.25, 0.3) is 0 Å². The summed E-state index contributed by atoms with van der Waals surface area (Å²) < 4.78 is 48.0. The van der Waals surface area contributed by atoms with Crippen molar-refractivity contribution in [1.82, 2.24) is 10.9 Å². The lowest BCUT2D eigenvalue weighted by atomic mass is 10.2. The SMILES string of the molecule is CC(C)Oc1ccc(C(=O)NNC(=O)COc2ccc(C(F)(F)F)cc2)cc1. The lowest BCUT2D eigenvalue weighted by Gasteiger charge is -2.11.